The number of para-hydroxylation sites is 1. The zero-order valence-corrected chi connectivity index (χ0v) is 17.4. The molecule has 1 aromatic heterocycles. The summed E-state index contributed by atoms with van der Waals surface area (Å²) in [5.41, 5.74) is 7.69. The van der Waals surface area contributed by atoms with Gasteiger partial charge < -0.3 is 31.6 Å². The van der Waals surface area contributed by atoms with Crippen LogP contribution in [0.15, 0.2) is 30.5 Å². The van der Waals surface area contributed by atoms with Gasteiger partial charge in [0.2, 0.25) is 11.8 Å². The van der Waals surface area contributed by atoms with Gasteiger partial charge in [0, 0.05) is 17.1 Å². The van der Waals surface area contributed by atoms with E-state index in [2.05, 4.69) is 15.6 Å². The number of hydrogen-bond donors (Lipinski definition) is 6. The number of fused-ring (bicyclic) bond motifs is 1. The summed E-state index contributed by atoms with van der Waals surface area (Å²) >= 11 is 0. The van der Waals surface area contributed by atoms with Crippen molar-refractivity contribution in [3.8, 4) is 0 Å². The van der Waals surface area contributed by atoms with Crippen LogP contribution in [0.2, 0.25) is 0 Å². The van der Waals surface area contributed by atoms with Crippen LogP contribution >= 0.6 is 0 Å². The lowest BCUT2D eigenvalue weighted by Crippen LogP contribution is -2.56. The molecule has 2 aromatic rings. The molecule has 2 rings (SSSR count). The number of rotatable bonds is 11. The number of hydrogen-bond acceptors (Lipinski definition) is 5. The van der Waals surface area contributed by atoms with Gasteiger partial charge >= 0.3 is 11.9 Å². The van der Waals surface area contributed by atoms with Crippen LogP contribution in [0.1, 0.15) is 32.3 Å². The Balaban J connectivity index is 2.09. The molecule has 0 fully saturated rings. The summed E-state index contributed by atoms with van der Waals surface area (Å²) < 4.78 is 0. The molecule has 0 aliphatic heterocycles. The predicted octanol–water partition coefficient (Wildman–Crippen LogP) is 0.613. The second-order valence-electron chi connectivity index (χ2n) is 7.54. The highest BCUT2D eigenvalue weighted by Crippen LogP contribution is 2.18. The van der Waals surface area contributed by atoms with Crippen LogP contribution in [0.5, 0.6) is 0 Å². The number of aromatic nitrogens is 1. The van der Waals surface area contributed by atoms with Gasteiger partial charge in [0.05, 0.1) is 12.5 Å². The van der Waals surface area contributed by atoms with Gasteiger partial charge in [-0.05, 0) is 24.0 Å². The molecule has 7 N–H and O–H groups in total. The normalized spacial score (nSPS) is 14.9. The van der Waals surface area contributed by atoms with E-state index >= 15 is 0 Å². The smallest absolute Gasteiger partial charge is 0.326 e. The third kappa shape index (κ3) is 6.29. The number of carbonyl (C=O) groups excluding carboxylic acids is 2. The molecule has 168 valence electrons. The lowest BCUT2D eigenvalue weighted by Gasteiger charge is -2.24. The maximum absolute atomic E-state index is 12.6. The Labute approximate surface area is 179 Å². The molecule has 31 heavy (non-hydrogen) atoms. The number of nitrogens with two attached hydrogens (primary N) is 1. The van der Waals surface area contributed by atoms with E-state index in [9.17, 15) is 24.3 Å². The SMILES string of the molecule is CC[C@H](C)[C@H](NC(=O)[C@H](CC(=O)O)NC(=O)[C@@H](N)Cc1c[nH]c2ccccc12)C(=O)O. The number of nitrogens with one attached hydrogen (secondary N) is 3. The molecule has 10 nitrogen and oxygen atoms in total. The summed E-state index contributed by atoms with van der Waals surface area (Å²) in [6, 6.07) is 3.80. The maximum Gasteiger partial charge on any atom is 0.326 e. The van der Waals surface area contributed by atoms with E-state index in [1.54, 1.807) is 20.0 Å². The number of carbonyl (C=O) groups is 4. The molecule has 0 unspecified atom stereocenters. The molecule has 0 aliphatic carbocycles. The van der Waals surface area contributed by atoms with Gasteiger partial charge in [0.1, 0.15) is 12.1 Å². The van der Waals surface area contributed by atoms with Crippen LogP contribution in [0.3, 0.4) is 0 Å². The summed E-state index contributed by atoms with van der Waals surface area (Å²) in [4.78, 5) is 50.9. The lowest BCUT2D eigenvalue weighted by atomic mass is 9.98. The summed E-state index contributed by atoms with van der Waals surface area (Å²) in [6.07, 6.45) is 1.69. The van der Waals surface area contributed by atoms with Crippen molar-refractivity contribution < 1.29 is 29.4 Å². The van der Waals surface area contributed by atoms with Crippen LogP contribution in [0.25, 0.3) is 10.9 Å². The third-order valence-corrected chi connectivity index (χ3v) is 5.24. The largest absolute Gasteiger partial charge is 0.481 e. The van der Waals surface area contributed by atoms with Crippen molar-refractivity contribution in [3.05, 3.63) is 36.0 Å². The van der Waals surface area contributed by atoms with E-state index in [0.29, 0.717) is 6.42 Å². The first-order valence-corrected chi connectivity index (χ1v) is 9.99. The monoisotopic (exact) mass is 432 g/mol. The molecule has 0 radical (unpaired) electrons. The fourth-order valence-corrected chi connectivity index (χ4v) is 3.23. The van der Waals surface area contributed by atoms with Crippen LogP contribution in [0.4, 0.5) is 0 Å². The van der Waals surface area contributed by atoms with Crippen molar-refractivity contribution in [2.45, 2.75) is 51.2 Å². The van der Waals surface area contributed by atoms with E-state index < -0.39 is 48.3 Å². The fourth-order valence-electron chi connectivity index (χ4n) is 3.23. The van der Waals surface area contributed by atoms with Crippen molar-refractivity contribution >= 4 is 34.7 Å². The minimum atomic E-state index is -1.45. The number of benzene rings is 1. The molecular formula is C21H28N4O6. The molecule has 1 aromatic carbocycles. The van der Waals surface area contributed by atoms with Crippen LogP contribution in [0, 0.1) is 5.92 Å². The quantitative estimate of drug-likeness (QED) is 0.301. The minimum Gasteiger partial charge on any atom is -0.481 e. The van der Waals surface area contributed by atoms with Gasteiger partial charge in [0.25, 0.3) is 0 Å². The Kier molecular flexibility index (Phi) is 8.14. The molecule has 2 amide bonds. The highest BCUT2D eigenvalue weighted by molar-refractivity contribution is 5.94. The number of aromatic amines is 1. The number of H-pyrrole nitrogens is 1. The molecule has 0 saturated carbocycles. The van der Waals surface area contributed by atoms with Gasteiger partial charge in [0.15, 0.2) is 0 Å². The number of carboxylic acid groups (broad SMARTS) is 2. The number of carboxylic acids is 2. The Morgan fingerprint density at radius 1 is 1.10 bits per heavy atom. The average molecular weight is 432 g/mol. The van der Waals surface area contributed by atoms with E-state index in [4.69, 9.17) is 10.8 Å². The Hall–Kier alpha value is -3.40. The number of amides is 2. The zero-order chi connectivity index (χ0) is 23.1. The van der Waals surface area contributed by atoms with Gasteiger partial charge in [-0.1, -0.05) is 38.5 Å². The van der Waals surface area contributed by atoms with Gasteiger partial charge in [-0.3, -0.25) is 14.4 Å². The Morgan fingerprint density at radius 2 is 1.77 bits per heavy atom. The molecule has 0 saturated heterocycles. The zero-order valence-electron chi connectivity index (χ0n) is 17.4. The first-order chi connectivity index (χ1) is 14.6. The summed E-state index contributed by atoms with van der Waals surface area (Å²) in [6.45, 7) is 3.42. The third-order valence-electron chi connectivity index (χ3n) is 5.24. The highest BCUT2D eigenvalue weighted by Gasteiger charge is 2.31. The van der Waals surface area contributed by atoms with Gasteiger partial charge in [-0.15, -0.1) is 0 Å². The van der Waals surface area contributed by atoms with Crippen molar-refractivity contribution in [2.75, 3.05) is 0 Å². The Morgan fingerprint density at radius 3 is 2.39 bits per heavy atom. The van der Waals surface area contributed by atoms with Crippen molar-refractivity contribution in [3.63, 3.8) is 0 Å². The van der Waals surface area contributed by atoms with E-state index in [0.717, 1.165) is 16.5 Å². The molecule has 0 bridgehead atoms. The van der Waals surface area contributed by atoms with Crippen LogP contribution in [-0.2, 0) is 25.6 Å². The second kappa shape index (κ2) is 10.6. The lowest BCUT2D eigenvalue weighted by molar-refractivity contribution is -0.144. The van der Waals surface area contributed by atoms with Crippen molar-refractivity contribution in [1.29, 1.82) is 0 Å². The van der Waals surface area contributed by atoms with Crippen molar-refractivity contribution in [2.24, 2.45) is 11.7 Å². The molecule has 10 heteroatoms. The fraction of sp³-hybridized carbons (Fsp3) is 0.429. The molecule has 4 atom stereocenters. The maximum atomic E-state index is 12.6. The first kappa shape index (κ1) is 23.9. The van der Waals surface area contributed by atoms with E-state index in [-0.39, 0.29) is 12.3 Å². The second-order valence-corrected chi connectivity index (χ2v) is 7.54. The standard InChI is InChI=1S/C21H28N4O6/c1-3-11(2)18(21(30)31)25-20(29)16(9-17(26)27)24-19(28)14(22)8-12-10-23-15-7-5-4-6-13(12)15/h4-7,10-11,14,16,18,23H,3,8-9,22H2,1-2H3,(H,24,28)(H,25,29)(H,26,27)(H,30,31)/t11-,14-,16-,18-/m0/s1. The van der Waals surface area contributed by atoms with Crippen molar-refractivity contribution in [1.82, 2.24) is 15.6 Å². The van der Waals surface area contributed by atoms with E-state index in [1.165, 1.54) is 0 Å². The van der Waals surface area contributed by atoms with Gasteiger partial charge in [-0.2, -0.15) is 0 Å². The molecule has 0 aliphatic rings. The Bertz CT molecular complexity index is 956. The average Bonchev–Trinajstić information content (AvgIpc) is 3.13. The first-order valence-electron chi connectivity index (χ1n) is 9.99. The minimum absolute atomic E-state index is 0.169. The predicted molar refractivity (Wildman–Crippen MR) is 113 cm³/mol. The molecular weight excluding hydrogens is 404 g/mol. The molecule has 1 heterocycles. The summed E-state index contributed by atoms with van der Waals surface area (Å²) in [7, 11) is 0. The van der Waals surface area contributed by atoms with Gasteiger partial charge in [-0.25, -0.2) is 4.79 Å². The topological polar surface area (TPSA) is 175 Å². The van der Waals surface area contributed by atoms with E-state index in [1.807, 2.05) is 24.3 Å². The number of aliphatic carboxylic acids is 2. The van der Waals surface area contributed by atoms with Crippen LogP contribution in [-0.4, -0.2) is 57.1 Å². The highest BCUT2D eigenvalue weighted by atomic mass is 16.4. The van der Waals surface area contributed by atoms with Crippen LogP contribution < -0.4 is 16.4 Å². The molecule has 0 spiro atoms. The summed E-state index contributed by atoms with van der Waals surface area (Å²) in [5, 5.41) is 24.1. The summed E-state index contributed by atoms with van der Waals surface area (Å²) in [5.74, 6) is -4.53.